The standard InChI is InChI=1S/C8H15NO/c1-4-7-9-8(5-2)10-6-3/h4-5,8-9H,1-2,6-7H2,3H3. The van der Waals surface area contributed by atoms with Gasteiger partial charge in [-0.25, -0.2) is 0 Å². The molecule has 1 N–H and O–H groups in total. The Morgan fingerprint density at radius 3 is 2.70 bits per heavy atom. The van der Waals surface area contributed by atoms with E-state index < -0.39 is 0 Å². The van der Waals surface area contributed by atoms with Crippen molar-refractivity contribution in [3.63, 3.8) is 0 Å². The summed E-state index contributed by atoms with van der Waals surface area (Å²) in [6, 6.07) is 0. The second-order valence-corrected chi connectivity index (χ2v) is 1.81. The average Bonchev–Trinajstić information content (AvgIpc) is 1.98. The molecule has 0 saturated carbocycles. The van der Waals surface area contributed by atoms with Gasteiger partial charge in [-0.3, -0.25) is 5.32 Å². The number of nitrogens with one attached hydrogen (secondary N) is 1. The highest BCUT2D eigenvalue weighted by atomic mass is 16.5. The van der Waals surface area contributed by atoms with Gasteiger partial charge >= 0.3 is 0 Å². The highest BCUT2D eigenvalue weighted by Crippen LogP contribution is 1.86. The molecule has 1 unspecified atom stereocenters. The van der Waals surface area contributed by atoms with Gasteiger partial charge in [0, 0.05) is 13.2 Å². The summed E-state index contributed by atoms with van der Waals surface area (Å²) in [4.78, 5) is 0. The topological polar surface area (TPSA) is 21.3 Å². The van der Waals surface area contributed by atoms with E-state index in [2.05, 4.69) is 18.5 Å². The molecule has 2 heteroatoms. The molecule has 0 saturated heterocycles. The SMILES string of the molecule is C=CCNC(C=C)OCC. The van der Waals surface area contributed by atoms with E-state index in [1.54, 1.807) is 12.2 Å². The lowest BCUT2D eigenvalue weighted by Gasteiger charge is -2.12. The molecule has 0 amide bonds. The monoisotopic (exact) mass is 141 g/mol. The zero-order valence-electron chi connectivity index (χ0n) is 6.47. The molecule has 0 aromatic heterocycles. The minimum atomic E-state index is -0.0389. The minimum absolute atomic E-state index is 0.0389. The first kappa shape index (κ1) is 9.40. The summed E-state index contributed by atoms with van der Waals surface area (Å²) in [5, 5.41) is 3.06. The van der Waals surface area contributed by atoms with Gasteiger partial charge in [0.25, 0.3) is 0 Å². The lowest BCUT2D eigenvalue weighted by Crippen LogP contribution is -2.29. The van der Waals surface area contributed by atoms with Crippen molar-refractivity contribution < 1.29 is 4.74 Å². The molecule has 1 atom stereocenters. The number of rotatable bonds is 6. The lowest BCUT2D eigenvalue weighted by molar-refractivity contribution is 0.0754. The highest BCUT2D eigenvalue weighted by molar-refractivity contribution is 4.81. The molecule has 0 fully saturated rings. The van der Waals surface area contributed by atoms with Gasteiger partial charge in [-0.2, -0.15) is 0 Å². The van der Waals surface area contributed by atoms with Gasteiger partial charge in [0.1, 0.15) is 6.23 Å². The summed E-state index contributed by atoms with van der Waals surface area (Å²) >= 11 is 0. The number of ether oxygens (including phenoxy) is 1. The summed E-state index contributed by atoms with van der Waals surface area (Å²) in [6.07, 6.45) is 3.48. The fraction of sp³-hybridized carbons (Fsp3) is 0.500. The van der Waals surface area contributed by atoms with Gasteiger partial charge in [0.05, 0.1) is 0 Å². The maximum absolute atomic E-state index is 5.22. The summed E-state index contributed by atoms with van der Waals surface area (Å²) in [6.45, 7) is 10.6. The van der Waals surface area contributed by atoms with Crippen LogP contribution >= 0.6 is 0 Å². The van der Waals surface area contributed by atoms with Crippen molar-refractivity contribution in [1.29, 1.82) is 0 Å². The third kappa shape index (κ3) is 4.30. The third-order valence-electron chi connectivity index (χ3n) is 1.02. The predicted molar refractivity (Wildman–Crippen MR) is 43.8 cm³/mol. The van der Waals surface area contributed by atoms with E-state index in [1.807, 2.05) is 6.92 Å². The zero-order chi connectivity index (χ0) is 7.82. The van der Waals surface area contributed by atoms with Gasteiger partial charge < -0.3 is 4.74 Å². The largest absolute Gasteiger partial charge is 0.360 e. The molecule has 0 radical (unpaired) electrons. The van der Waals surface area contributed by atoms with Crippen molar-refractivity contribution in [2.45, 2.75) is 13.2 Å². The Balaban J connectivity index is 3.38. The molecular formula is C8H15NO. The molecule has 58 valence electrons. The van der Waals surface area contributed by atoms with Crippen LogP contribution in [0.25, 0.3) is 0 Å². The average molecular weight is 141 g/mol. The molecule has 0 aliphatic heterocycles. The van der Waals surface area contributed by atoms with Gasteiger partial charge in [0.2, 0.25) is 0 Å². The van der Waals surface area contributed by atoms with Crippen LogP contribution in [-0.2, 0) is 4.74 Å². The number of hydrogen-bond donors (Lipinski definition) is 1. The zero-order valence-corrected chi connectivity index (χ0v) is 6.47. The molecule has 2 nitrogen and oxygen atoms in total. The van der Waals surface area contributed by atoms with Crippen LogP contribution in [0.3, 0.4) is 0 Å². The Kier molecular flexibility index (Phi) is 6.13. The van der Waals surface area contributed by atoms with Crippen molar-refractivity contribution >= 4 is 0 Å². The molecule has 0 bridgehead atoms. The van der Waals surface area contributed by atoms with Crippen molar-refractivity contribution in [2.24, 2.45) is 0 Å². The Bertz CT molecular complexity index is 101. The summed E-state index contributed by atoms with van der Waals surface area (Å²) < 4.78 is 5.22. The Morgan fingerprint density at radius 2 is 2.30 bits per heavy atom. The molecule has 0 spiro atoms. The van der Waals surface area contributed by atoms with E-state index >= 15 is 0 Å². The Labute approximate surface area is 62.6 Å². The van der Waals surface area contributed by atoms with E-state index in [0.29, 0.717) is 6.61 Å². The van der Waals surface area contributed by atoms with Crippen LogP contribution in [0.2, 0.25) is 0 Å². The Hall–Kier alpha value is -0.600. The normalized spacial score (nSPS) is 12.5. The molecule has 0 rings (SSSR count). The molecule has 0 aromatic rings. The lowest BCUT2D eigenvalue weighted by atomic mass is 10.5. The van der Waals surface area contributed by atoms with E-state index in [9.17, 15) is 0 Å². The second-order valence-electron chi connectivity index (χ2n) is 1.81. The molecule has 0 aromatic carbocycles. The molecule has 0 heterocycles. The summed E-state index contributed by atoms with van der Waals surface area (Å²) in [5.74, 6) is 0. The van der Waals surface area contributed by atoms with Crippen LogP contribution in [0.5, 0.6) is 0 Å². The van der Waals surface area contributed by atoms with Crippen molar-refractivity contribution in [1.82, 2.24) is 5.32 Å². The molecular weight excluding hydrogens is 126 g/mol. The van der Waals surface area contributed by atoms with Gasteiger partial charge in [-0.15, -0.1) is 6.58 Å². The van der Waals surface area contributed by atoms with Crippen LogP contribution < -0.4 is 5.32 Å². The van der Waals surface area contributed by atoms with Crippen LogP contribution in [0, 0.1) is 0 Å². The molecule has 0 aliphatic carbocycles. The highest BCUT2D eigenvalue weighted by Gasteiger charge is 1.97. The second kappa shape index (κ2) is 6.52. The first-order valence-corrected chi connectivity index (χ1v) is 3.43. The first-order valence-electron chi connectivity index (χ1n) is 3.43. The van der Waals surface area contributed by atoms with E-state index in [4.69, 9.17) is 4.74 Å². The van der Waals surface area contributed by atoms with E-state index in [-0.39, 0.29) is 6.23 Å². The summed E-state index contributed by atoms with van der Waals surface area (Å²) in [5.41, 5.74) is 0. The van der Waals surface area contributed by atoms with Crippen molar-refractivity contribution in [3.8, 4) is 0 Å². The Morgan fingerprint density at radius 1 is 1.60 bits per heavy atom. The first-order chi connectivity index (χ1) is 4.85. The van der Waals surface area contributed by atoms with Crippen LogP contribution in [0.15, 0.2) is 25.3 Å². The summed E-state index contributed by atoms with van der Waals surface area (Å²) in [7, 11) is 0. The van der Waals surface area contributed by atoms with Crippen LogP contribution in [0.1, 0.15) is 6.92 Å². The maximum Gasteiger partial charge on any atom is 0.127 e. The van der Waals surface area contributed by atoms with Gasteiger partial charge in [0.15, 0.2) is 0 Å². The van der Waals surface area contributed by atoms with E-state index in [0.717, 1.165) is 6.54 Å². The predicted octanol–water partition coefficient (Wildman–Crippen LogP) is 1.31. The van der Waals surface area contributed by atoms with Gasteiger partial charge in [-0.05, 0) is 13.0 Å². The van der Waals surface area contributed by atoms with Crippen molar-refractivity contribution in [2.75, 3.05) is 13.2 Å². The smallest absolute Gasteiger partial charge is 0.127 e. The van der Waals surface area contributed by atoms with Crippen LogP contribution in [0.4, 0.5) is 0 Å². The number of hydrogen-bond acceptors (Lipinski definition) is 2. The fourth-order valence-electron chi connectivity index (χ4n) is 0.589. The minimum Gasteiger partial charge on any atom is -0.360 e. The van der Waals surface area contributed by atoms with E-state index in [1.165, 1.54) is 0 Å². The fourth-order valence-corrected chi connectivity index (χ4v) is 0.589. The molecule has 0 aliphatic rings. The van der Waals surface area contributed by atoms with Crippen LogP contribution in [-0.4, -0.2) is 19.4 Å². The molecule has 10 heavy (non-hydrogen) atoms. The third-order valence-corrected chi connectivity index (χ3v) is 1.02. The van der Waals surface area contributed by atoms with Crippen molar-refractivity contribution in [3.05, 3.63) is 25.3 Å². The maximum atomic E-state index is 5.22. The van der Waals surface area contributed by atoms with Gasteiger partial charge in [-0.1, -0.05) is 12.7 Å². The quantitative estimate of drug-likeness (QED) is 0.445.